The van der Waals surface area contributed by atoms with E-state index in [2.05, 4.69) is 15.9 Å². The van der Waals surface area contributed by atoms with Crippen molar-refractivity contribution in [1.29, 1.82) is 0 Å². The summed E-state index contributed by atoms with van der Waals surface area (Å²) >= 11 is 4.90. The Balaban J connectivity index is 1.94. The van der Waals surface area contributed by atoms with Crippen LogP contribution in [0.4, 0.5) is 0 Å². The van der Waals surface area contributed by atoms with Crippen molar-refractivity contribution in [1.82, 2.24) is 0 Å². The molecule has 2 aromatic rings. The van der Waals surface area contributed by atoms with Gasteiger partial charge < -0.3 is 4.74 Å². The van der Waals surface area contributed by atoms with Crippen LogP contribution in [-0.4, -0.2) is 11.9 Å². The third kappa shape index (κ3) is 2.10. The van der Waals surface area contributed by atoms with Gasteiger partial charge in [0, 0.05) is 22.9 Å². The Morgan fingerprint density at radius 3 is 2.94 bits per heavy atom. The van der Waals surface area contributed by atoms with Crippen LogP contribution in [0.15, 0.2) is 33.4 Å². The van der Waals surface area contributed by atoms with E-state index in [9.17, 15) is 4.79 Å². The van der Waals surface area contributed by atoms with Crippen molar-refractivity contribution in [2.75, 3.05) is 0 Å². The number of ketones is 1. The van der Waals surface area contributed by atoms with Gasteiger partial charge in [0.25, 0.3) is 0 Å². The number of thiophene rings is 1. The van der Waals surface area contributed by atoms with Gasteiger partial charge in [0.05, 0.1) is 3.79 Å². The van der Waals surface area contributed by atoms with Gasteiger partial charge in [0.1, 0.15) is 11.9 Å². The summed E-state index contributed by atoms with van der Waals surface area (Å²) in [6.45, 7) is 2.04. The predicted octanol–water partition coefficient (Wildman–Crippen LogP) is 4.07. The van der Waals surface area contributed by atoms with E-state index in [1.807, 2.05) is 36.6 Å². The highest BCUT2D eigenvalue weighted by atomic mass is 79.9. The second-order valence-corrected chi connectivity index (χ2v) is 6.71. The first-order valence-electron chi connectivity index (χ1n) is 5.72. The Bertz CT molecular complexity index is 618. The van der Waals surface area contributed by atoms with Gasteiger partial charge in [-0.25, -0.2) is 0 Å². The van der Waals surface area contributed by atoms with Crippen LogP contribution in [0.2, 0.25) is 0 Å². The quantitative estimate of drug-likeness (QED) is 0.779. The molecule has 0 spiro atoms. The Labute approximate surface area is 118 Å². The normalized spacial score (nSPS) is 17.3. The number of benzene rings is 1. The number of fused-ring (bicyclic) bond motifs is 1. The number of hydrogen-bond donors (Lipinski definition) is 0. The largest absolute Gasteiger partial charge is 0.490 e. The predicted molar refractivity (Wildman–Crippen MR) is 75.7 cm³/mol. The molecule has 18 heavy (non-hydrogen) atoms. The van der Waals surface area contributed by atoms with Gasteiger partial charge in [-0.1, -0.05) is 0 Å². The molecule has 0 amide bonds. The molecule has 1 aliphatic rings. The topological polar surface area (TPSA) is 26.3 Å². The maximum Gasteiger partial charge on any atom is 0.193 e. The molecule has 0 fully saturated rings. The summed E-state index contributed by atoms with van der Waals surface area (Å²) in [5.41, 5.74) is 2.60. The fraction of sp³-hybridized carbons (Fsp3) is 0.214. The number of halogens is 1. The number of carbonyl (C=O) groups excluding carboxylic acids is 1. The van der Waals surface area contributed by atoms with Crippen molar-refractivity contribution >= 4 is 33.0 Å². The number of rotatable bonds is 2. The molecule has 1 aromatic carbocycles. The van der Waals surface area contributed by atoms with Crippen LogP contribution >= 0.6 is 27.3 Å². The summed E-state index contributed by atoms with van der Waals surface area (Å²) in [7, 11) is 0. The average molecular weight is 323 g/mol. The van der Waals surface area contributed by atoms with Crippen LogP contribution in [0.5, 0.6) is 5.75 Å². The molecule has 0 saturated carbocycles. The zero-order valence-corrected chi connectivity index (χ0v) is 12.2. The molecule has 0 N–H and O–H groups in total. The Kier molecular flexibility index (Phi) is 2.99. The fourth-order valence-corrected chi connectivity index (χ4v) is 3.30. The van der Waals surface area contributed by atoms with Crippen LogP contribution in [0.25, 0.3) is 0 Å². The summed E-state index contributed by atoms with van der Waals surface area (Å²) < 4.78 is 6.61. The van der Waals surface area contributed by atoms with Gasteiger partial charge in [-0.05, 0) is 52.7 Å². The molecule has 1 aliphatic heterocycles. The first kappa shape index (κ1) is 11.9. The van der Waals surface area contributed by atoms with E-state index in [4.69, 9.17) is 4.74 Å². The Morgan fingerprint density at radius 2 is 2.22 bits per heavy atom. The second-order valence-electron chi connectivity index (χ2n) is 4.42. The highest BCUT2D eigenvalue weighted by Crippen LogP contribution is 2.30. The molecule has 1 aromatic heterocycles. The fourth-order valence-electron chi connectivity index (χ4n) is 2.16. The van der Waals surface area contributed by atoms with Crippen molar-refractivity contribution in [3.8, 4) is 5.75 Å². The van der Waals surface area contributed by atoms with Crippen molar-refractivity contribution in [3.05, 3.63) is 50.1 Å². The molecule has 2 heterocycles. The Morgan fingerprint density at radius 1 is 1.39 bits per heavy atom. The third-order valence-electron chi connectivity index (χ3n) is 2.99. The molecule has 4 heteroatoms. The van der Waals surface area contributed by atoms with Crippen LogP contribution in [-0.2, 0) is 6.42 Å². The van der Waals surface area contributed by atoms with Crippen molar-refractivity contribution in [2.45, 2.75) is 19.4 Å². The summed E-state index contributed by atoms with van der Waals surface area (Å²) in [6, 6.07) is 7.55. The molecule has 1 atom stereocenters. The average Bonchev–Trinajstić information content (AvgIpc) is 2.92. The summed E-state index contributed by atoms with van der Waals surface area (Å²) in [6.07, 6.45) is 1.09. The molecular formula is C14H11BrO2S. The van der Waals surface area contributed by atoms with Crippen LogP contribution in [0.3, 0.4) is 0 Å². The smallest absolute Gasteiger partial charge is 0.193 e. The van der Waals surface area contributed by atoms with E-state index < -0.39 is 0 Å². The minimum Gasteiger partial charge on any atom is -0.490 e. The van der Waals surface area contributed by atoms with Gasteiger partial charge in [-0.2, -0.15) is 0 Å². The summed E-state index contributed by atoms with van der Waals surface area (Å²) in [4.78, 5) is 12.3. The van der Waals surface area contributed by atoms with Gasteiger partial charge in [0.2, 0.25) is 0 Å². The summed E-state index contributed by atoms with van der Waals surface area (Å²) in [5.74, 6) is 0.977. The molecule has 2 nitrogen and oxygen atoms in total. The lowest BCUT2D eigenvalue weighted by Crippen LogP contribution is -2.05. The molecule has 3 rings (SSSR count). The van der Waals surface area contributed by atoms with Crippen molar-refractivity contribution in [2.24, 2.45) is 0 Å². The minimum absolute atomic E-state index is 0.0688. The lowest BCUT2D eigenvalue weighted by molar-refractivity contribution is 0.103. The Hall–Kier alpha value is -1.13. The monoisotopic (exact) mass is 322 g/mol. The SMILES string of the molecule is CC1Cc2cc(C(=O)c3csc(Br)c3)ccc2O1. The number of carbonyl (C=O) groups is 1. The van der Waals surface area contributed by atoms with E-state index in [0.717, 1.165) is 32.6 Å². The zero-order valence-electron chi connectivity index (χ0n) is 9.77. The molecule has 0 radical (unpaired) electrons. The molecular weight excluding hydrogens is 312 g/mol. The van der Waals surface area contributed by atoms with E-state index in [1.165, 1.54) is 11.3 Å². The van der Waals surface area contributed by atoms with Gasteiger partial charge >= 0.3 is 0 Å². The first-order chi connectivity index (χ1) is 8.63. The first-order valence-corrected chi connectivity index (χ1v) is 7.39. The van der Waals surface area contributed by atoms with Gasteiger partial charge in [-0.15, -0.1) is 11.3 Å². The lowest BCUT2D eigenvalue weighted by atomic mass is 10.0. The van der Waals surface area contributed by atoms with Crippen molar-refractivity contribution < 1.29 is 9.53 Å². The van der Waals surface area contributed by atoms with Crippen LogP contribution in [0.1, 0.15) is 28.4 Å². The van der Waals surface area contributed by atoms with E-state index in [0.29, 0.717) is 0 Å². The molecule has 0 bridgehead atoms. The maximum absolute atomic E-state index is 12.3. The van der Waals surface area contributed by atoms with Gasteiger partial charge in [0.15, 0.2) is 5.78 Å². The third-order valence-corrected chi connectivity index (χ3v) is 4.49. The highest BCUT2D eigenvalue weighted by molar-refractivity contribution is 9.11. The van der Waals surface area contributed by atoms with Crippen LogP contribution in [0, 0.1) is 0 Å². The van der Waals surface area contributed by atoms with E-state index in [1.54, 1.807) is 0 Å². The standard InChI is InChI=1S/C14H11BrO2S/c1-8-4-10-5-9(2-3-12(10)17-8)14(16)11-6-13(15)18-7-11/h2-3,5-8H,4H2,1H3. The van der Waals surface area contributed by atoms with Crippen molar-refractivity contribution in [3.63, 3.8) is 0 Å². The number of hydrogen-bond acceptors (Lipinski definition) is 3. The molecule has 0 saturated heterocycles. The van der Waals surface area contributed by atoms with E-state index >= 15 is 0 Å². The molecule has 92 valence electrons. The van der Waals surface area contributed by atoms with Gasteiger partial charge in [-0.3, -0.25) is 4.79 Å². The zero-order chi connectivity index (χ0) is 12.7. The van der Waals surface area contributed by atoms with Crippen LogP contribution < -0.4 is 4.74 Å². The highest BCUT2D eigenvalue weighted by Gasteiger charge is 2.21. The second kappa shape index (κ2) is 4.52. The lowest BCUT2D eigenvalue weighted by Gasteiger charge is -2.03. The molecule has 1 unspecified atom stereocenters. The van der Waals surface area contributed by atoms with E-state index in [-0.39, 0.29) is 11.9 Å². The summed E-state index contributed by atoms with van der Waals surface area (Å²) in [5, 5.41) is 1.87. The molecule has 0 aliphatic carbocycles. The minimum atomic E-state index is 0.0688. The maximum atomic E-state index is 12.3. The number of ether oxygens (including phenoxy) is 1.